The Bertz CT molecular complexity index is 1230. The standard InChI is InChI=1S/C22H21N7O3S/c1-31-17-10-6-5-9-15(17)25-21-28-18(27-20(23)29-21)12-32-19(30)16-13-33-22(26-16)24-11-14-7-3-2-4-8-14/h2-10,13H,11-12H2,1H3,(H,24,26)(H3,23,25,27,28,29). The number of thiazole rings is 1. The number of para-hydroxylation sites is 2. The molecule has 0 saturated carbocycles. The summed E-state index contributed by atoms with van der Waals surface area (Å²) in [7, 11) is 1.56. The van der Waals surface area contributed by atoms with Gasteiger partial charge in [0.15, 0.2) is 23.3 Å². The number of rotatable bonds is 9. The van der Waals surface area contributed by atoms with Crippen molar-refractivity contribution in [2.24, 2.45) is 0 Å². The van der Waals surface area contributed by atoms with Gasteiger partial charge in [-0.2, -0.15) is 15.0 Å². The Morgan fingerprint density at radius 2 is 1.82 bits per heavy atom. The molecule has 0 saturated heterocycles. The molecule has 4 rings (SSSR count). The summed E-state index contributed by atoms with van der Waals surface area (Å²) < 4.78 is 10.6. The topological polar surface area (TPSA) is 137 Å². The Hall–Kier alpha value is -4.25. The highest BCUT2D eigenvalue weighted by atomic mass is 32.1. The minimum absolute atomic E-state index is 0.00509. The van der Waals surface area contributed by atoms with Crippen LogP contribution in [-0.2, 0) is 17.9 Å². The van der Waals surface area contributed by atoms with Gasteiger partial charge in [-0.05, 0) is 17.7 Å². The number of nitrogen functional groups attached to an aromatic ring is 1. The molecule has 4 N–H and O–H groups in total. The molecule has 0 radical (unpaired) electrons. The van der Waals surface area contributed by atoms with Crippen molar-refractivity contribution >= 4 is 40.0 Å². The van der Waals surface area contributed by atoms with Crippen molar-refractivity contribution in [1.29, 1.82) is 0 Å². The van der Waals surface area contributed by atoms with E-state index in [0.29, 0.717) is 23.1 Å². The molecule has 0 aliphatic rings. The summed E-state index contributed by atoms with van der Waals surface area (Å²) >= 11 is 1.32. The lowest BCUT2D eigenvalue weighted by Gasteiger charge is -2.10. The smallest absolute Gasteiger partial charge is 0.358 e. The molecule has 10 nitrogen and oxygen atoms in total. The minimum atomic E-state index is -0.586. The maximum absolute atomic E-state index is 12.4. The van der Waals surface area contributed by atoms with Crippen molar-refractivity contribution in [1.82, 2.24) is 19.9 Å². The van der Waals surface area contributed by atoms with Gasteiger partial charge >= 0.3 is 5.97 Å². The van der Waals surface area contributed by atoms with Crippen LogP contribution in [0, 0.1) is 0 Å². The number of aromatic nitrogens is 4. The van der Waals surface area contributed by atoms with E-state index in [-0.39, 0.29) is 30.0 Å². The molecule has 0 fully saturated rings. The third kappa shape index (κ3) is 5.92. The fraction of sp³-hybridized carbons (Fsp3) is 0.136. The molecule has 2 aromatic heterocycles. The van der Waals surface area contributed by atoms with Crippen molar-refractivity contribution in [2.75, 3.05) is 23.5 Å². The number of hydrogen-bond donors (Lipinski definition) is 3. The number of hydrogen-bond acceptors (Lipinski definition) is 11. The second kappa shape index (κ2) is 10.4. The quantitative estimate of drug-likeness (QED) is 0.315. The third-order valence-corrected chi connectivity index (χ3v) is 5.18. The molecular formula is C22H21N7O3S. The van der Waals surface area contributed by atoms with Crippen LogP contribution in [-0.4, -0.2) is 33.0 Å². The highest BCUT2D eigenvalue weighted by molar-refractivity contribution is 7.13. The third-order valence-electron chi connectivity index (χ3n) is 4.38. The van der Waals surface area contributed by atoms with Crippen LogP contribution in [0.3, 0.4) is 0 Å². The molecule has 0 spiro atoms. The van der Waals surface area contributed by atoms with Gasteiger partial charge in [0.25, 0.3) is 0 Å². The summed E-state index contributed by atoms with van der Waals surface area (Å²) in [6.45, 7) is 0.422. The van der Waals surface area contributed by atoms with Crippen LogP contribution in [0.5, 0.6) is 5.75 Å². The lowest BCUT2D eigenvalue weighted by atomic mass is 10.2. The molecule has 0 atom stereocenters. The summed E-state index contributed by atoms with van der Waals surface area (Å²) in [6.07, 6.45) is 0. The van der Waals surface area contributed by atoms with Crippen molar-refractivity contribution in [3.05, 3.63) is 77.1 Å². The van der Waals surface area contributed by atoms with Gasteiger partial charge in [0.1, 0.15) is 5.75 Å². The van der Waals surface area contributed by atoms with E-state index in [1.54, 1.807) is 18.6 Å². The van der Waals surface area contributed by atoms with E-state index in [0.717, 1.165) is 5.56 Å². The average Bonchev–Trinajstić information content (AvgIpc) is 3.31. The first-order valence-corrected chi connectivity index (χ1v) is 10.8. The number of esters is 1. The lowest BCUT2D eigenvalue weighted by Crippen LogP contribution is -2.11. The Morgan fingerprint density at radius 3 is 2.64 bits per heavy atom. The number of carbonyl (C=O) groups excluding carboxylic acids is 1. The van der Waals surface area contributed by atoms with Gasteiger partial charge in [-0.1, -0.05) is 42.5 Å². The van der Waals surface area contributed by atoms with E-state index < -0.39 is 5.97 Å². The molecule has 2 aromatic carbocycles. The van der Waals surface area contributed by atoms with E-state index in [2.05, 4.69) is 30.6 Å². The monoisotopic (exact) mass is 463 g/mol. The van der Waals surface area contributed by atoms with Gasteiger partial charge < -0.3 is 25.8 Å². The first-order valence-electron chi connectivity index (χ1n) is 9.91. The summed E-state index contributed by atoms with van der Waals surface area (Å²) in [6, 6.07) is 17.2. The van der Waals surface area contributed by atoms with E-state index >= 15 is 0 Å². The SMILES string of the molecule is COc1ccccc1Nc1nc(N)nc(COC(=O)c2csc(NCc3ccccc3)n2)n1. The van der Waals surface area contributed by atoms with E-state index in [9.17, 15) is 4.79 Å². The van der Waals surface area contributed by atoms with Gasteiger partial charge in [0.05, 0.1) is 12.8 Å². The molecule has 0 bridgehead atoms. The number of nitrogens with one attached hydrogen (secondary N) is 2. The van der Waals surface area contributed by atoms with Crippen molar-refractivity contribution in [2.45, 2.75) is 13.2 Å². The number of nitrogens with two attached hydrogens (primary N) is 1. The average molecular weight is 464 g/mol. The second-order valence-electron chi connectivity index (χ2n) is 6.71. The van der Waals surface area contributed by atoms with Crippen molar-refractivity contribution in [3.63, 3.8) is 0 Å². The normalized spacial score (nSPS) is 10.5. The van der Waals surface area contributed by atoms with E-state index in [4.69, 9.17) is 15.2 Å². The van der Waals surface area contributed by atoms with Crippen LogP contribution < -0.4 is 21.1 Å². The van der Waals surface area contributed by atoms with Gasteiger partial charge in [-0.25, -0.2) is 9.78 Å². The summed E-state index contributed by atoms with van der Waals surface area (Å²) in [5, 5.41) is 8.47. The summed E-state index contributed by atoms with van der Waals surface area (Å²) in [5.41, 5.74) is 7.76. The Kier molecular flexibility index (Phi) is 6.90. The fourth-order valence-electron chi connectivity index (χ4n) is 2.85. The number of benzene rings is 2. The molecule has 0 unspecified atom stereocenters. The molecule has 168 valence electrons. The molecule has 33 heavy (non-hydrogen) atoms. The maximum atomic E-state index is 12.4. The highest BCUT2D eigenvalue weighted by Crippen LogP contribution is 2.25. The number of ether oxygens (including phenoxy) is 2. The van der Waals surface area contributed by atoms with Crippen LogP contribution in [0.1, 0.15) is 21.9 Å². The van der Waals surface area contributed by atoms with Crippen LogP contribution in [0.4, 0.5) is 22.7 Å². The molecule has 0 aliphatic heterocycles. The van der Waals surface area contributed by atoms with Gasteiger partial charge in [-0.15, -0.1) is 11.3 Å². The molecule has 0 amide bonds. The first kappa shape index (κ1) is 22.0. The zero-order valence-corrected chi connectivity index (χ0v) is 18.5. The predicted molar refractivity (Wildman–Crippen MR) is 126 cm³/mol. The summed E-state index contributed by atoms with van der Waals surface area (Å²) in [4.78, 5) is 29.0. The van der Waals surface area contributed by atoms with E-state index in [1.165, 1.54) is 11.3 Å². The van der Waals surface area contributed by atoms with Crippen LogP contribution >= 0.6 is 11.3 Å². The lowest BCUT2D eigenvalue weighted by molar-refractivity contribution is 0.0456. The second-order valence-corrected chi connectivity index (χ2v) is 7.57. The zero-order chi connectivity index (χ0) is 23.0. The number of methoxy groups -OCH3 is 1. The zero-order valence-electron chi connectivity index (χ0n) is 17.7. The Morgan fingerprint density at radius 1 is 1.03 bits per heavy atom. The molecule has 2 heterocycles. The fourth-order valence-corrected chi connectivity index (χ4v) is 3.53. The molecular weight excluding hydrogens is 442 g/mol. The Labute approximate surface area is 193 Å². The first-order chi connectivity index (χ1) is 16.1. The minimum Gasteiger partial charge on any atom is -0.495 e. The molecule has 11 heteroatoms. The van der Waals surface area contributed by atoms with Gasteiger partial charge in [0, 0.05) is 11.9 Å². The van der Waals surface area contributed by atoms with Gasteiger partial charge in [-0.3, -0.25) is 0 Å². The van der Waals surface area contributed by atoms with Crippen molar-refractivity contribution < 1.29 is 14.3 Å². The van der Waals surface area contributed by atoms with Crippen LogP contribution in [0.15, 0.2) is 60.0 Å². The highest BCUT2D eigenvalue weighted by Gasteiger charge is 2.15. The predicted octanol–water partition coefficient (Wildman–Crippen LogP) is 3.63. The summed E-state index contributed by atoms with van der Waals surface area (Å²) in [5.74, 6) is 0.432. The number of nitrogens with zero attached hydrogens (tertiary/aromatic N) is 4. The van der Waals surface area contributed by atoms with Crippen molar-refractivity contribution in [3.8, 4) is 5.75 Å². The maximum Gasteiger partial charge on any atom is 0.358 e. The molecule has 0 aliphatic carbocycles. The molecule has 4 aromatic rings. The largest absolute Gasteiger partial charge is 0.495 e. The number of carbonyl (C=O) groups is 1. The Balaban J connectivity index is 1.36. The van der Waals surface area contributed by atoms with E-state index in [1.807, 2.05) is 48.5 Å². The number of anilines is 4. The van der Waals surface area contributed by atoms with Crippen LogP contribution in [0.2, 0.25) is 0 Å². The van der Waals surface area contributed by atoms with Crippen LogP contribution in [0.25, 0.3) is 0 Å². The van der Waals surface area contributed by atoms with Gasteiger partial charge in [0.2, 0.25) is 11.9 Å².